The molecule has 1 aliphatic carbocycles. The third-order valence-corrected chi connectivity index (χ3v) is 7.55. The average Bonchev–Trinajstić information content (AvgIpc) is 3.42. The van der Waals surface area contributed by atoms with E-state index >= 15 is 0 Å². The van der Waals surface area contributed by atoms with E-state index in [9.17, 15) is 9.59 Å². The first-order chi connectivity index (χ1) is 14.6. The smallest absolute Gasteiger partial charge is 0.233 e. The van der Waals surface area contributed by atoms with Crippen LogP contribution in [-0.4, -0.2) is 73.2 Å². The molecule has 6 heteroatoms. The summed E-state index contributed by atoms with van der Waals surface area (Å²) < 4.78 is 11.5. The van der Waals surface area contributed by atoms with Crippen molar-refractivity contribution in [3.63, 3.8) is 0 Å². The van der Waals surface area contributed by atoms with Gasteiger partial charge in [-0.3, -0.25) is 9.59 Å². The van der Waals surface area contributed by atoms with Gasteiger partial charge in [-0.1, -0.05) is 43.2 Å². The van der Waals surface area contributed by atoms with E-state index in [-0.39, 0.29) is 28.7 Å². The molecule has 1 saturated carbocycles. The molecule has 0 N–H and O–H groups in total. The second-order valence-corrected chi connectivity index (χ2v) is 9.58. The maximum absolute atomic E-state index is 13.6. The van der Waals surface area contributed by atoms with E-state index in [1.54, 1.807) is 0 Å². The minimum atomic E-state index is -0.354. The van der Waals surface area contributed by atoms with Crippen molar-refractivity contribution in [2.45, 2.75) is 49.5 Å². The van der Waals surface area contributed by atoms with E-state index in [1.165, 1.54) is 0 Å². The predicted octanol–water partition coefficient (Wildman–Crippen LogP) is 2.36. The second-order valence-electron chi connectivity index (χ2n) is 9.58. The lowest BCUT2D eigenvalue weighted by molar-refractivity contribution is -0.163. The number of nitrogens with zero attached hydrogens (tertiary/aromatic N) is 2. The third kappa shape index (κ3) is 3.54. The predicted molar refractivity (Wildman–Crippen MR) is 112 cm³/mol. The van der Waals surface area contributed by atoms with Crippen molar-refractivity contribution < 1.29 is 19.1 Å². The van der Waals surface area contributed by atoms with Gasteiger partial charge in [0.05, 0.1) is 38.3 Å². The van der Waals surface area contributed by atoms with Crippen molar-refractivity contribution in [3.05, 3.63) is 35.9 Å². The van der Waals surface area contributed by atoms with Crippen LogP contribution in [-0.2, 0) is 24.5 Å². The molecule has 162 valence electrons. The number of benzene rings is 1. The van der Waals surface area contributed by atoms with Gasteiger partial charge in [0, 0.05) is 19.5 Å². The molecule has 0 bridgehead atoms. The highest BCUT2D eigenvalue weighted by atomic mass is 16.5. The molecule has 0 radical (unpaired) electrons. The number of amides is 2. The van der Waals surface area contributed by atoms with E-state index in [4.69, 9.17) is 9.47 Å². The lowest BCUT2D eigenvalue weighted by atomic mass is 9.75. The number of hydrogen-bond donors (Lipinski definition) is 0. The Bertz CT molecular complexity index is 778. The maximum Gasteiger partial charge on any atom is 0.233 e. The summed E-state index contributed by atoms with van der Waals surface area (Å²) in [6, 6.07) is 10.3. The number of ether oxygens (including phenoxy) is 2. The zero-order valence-corrected chi connectivity index (χ0v) is 17.7. The van der Waals surface area contributed by atoms with E-state index < -0.39 is 0 Å². The van der Waals surface area contributed by atoms with Crippen LogP contribution in [0.4, 0.5) is 0 Å². The topological polar surface area (TPSA) is 59.1 Å². The van der Waals surface area contributed by atoms with Crippen LogP contribution in [0.25, 0.3) is 0 Å². The average molecular weight is 413 g/mol. The summed E-state index contributed by atoms with van der Waals surface area (Å²) in [5.41, 5.74) is 0.574. The Morgan fingerprint density at radius 3 is 2.40 bits per heavy atom. The number of rotatable bonds is 4. The molecule has 1 aromatic rings. The lowest BCUT2D eigenvalue weighted by Crippen LogP contribution is -2.66. The van der Waals surface area contributed by atoms with Gasteiger partial charge >= 0.3 is 0 Å². The molecule has 3 heterocycles. The van der Waals surface area contributed by atoms with Crippen molar-refractivity contribution in [2.75, 3.05) is 46.0 Å². The van der Waals surface area contributed by atoms with E-state index in [2.05, 4.69) is 12.1 Å². The zero-order valence-electron chi connectivity index (χ0n) is 17.7. The van der Waals surface area contributed by atoms with Crippen LogP contribution in [0.2, 0.25) is 0 Å². The summed E-state index contributed by atoms with van der Waals surface area (Å²) in [5.74, 6) is 0.741. The first-order valence-electron chi connectivity index (χ1n) is 11.4. The van der Waals surface area contributed by atoms with E-state index in [0.29, 0.717) is 52.4 Å². The summed E-state index contributed by atoms with van der Waals surface area (Å²) in [7, 11) is 0. The standard InChI is InChI=1S/C24H32N2O4/c27-21(25-10-12-29-13-11-25)14-19-15-23(30-16-19)17-26(18-23)22(28)24(8-4-5-9-24)20-6-2-1-3-7-20/h1-3,6-7,19H,4-5,8-18H2. The third-order valence-electron chi connectivity index (χ3n) is 7.55. The molecular weight excluding hydrogens is 380 g/mol. The largest absolute Gasteiger partial charge is 0.378 e. The molecule has 4 fully saturated rings. The molecule has 1 atom stereocenters. The van der Waals surface area contributed by atoms with Gasteiger partial charge in [0.1, 0.15) is 5.60 Å². The SMILES string of the molecule is O=C(CC1COC2(C1)CN(C(=O)C1(c3ccccc3)CCCC1)C2)N1CCOCC1. The lowest BCUT2D eigenvalue weighted by Gasteiger charge is -2.50. The minimum Gasteiger partial charge on any atom is -0.378 e. The summed E-state index contributed by atoms with van der Waals surface area (Å²) >= 11 is 0. The molecule has 0 aromatic heterocycles. The van der Waals surface area contributed by atoms with Gasteiger partial charge < -0.3 is 19.3 Å². The molecule has 1 aromatic carbocycles. The molecule has 3 aliphatic heterocycles. The van der Waals surface area contributed by atoms with Gasteiger partial charge in [-0.2, -0.15) is 0 Å². The first kappa shape index (κ1) is 20.0. The van der Waals surface area contributed by atoms with Crippen molar-refractivity contribution in [1.82, 2.24) is 9.80 Å². The van der Waals surface area contributed by atoms with E-state index in [1.807, 2.05) is 28.0 Å². The number of carbonyl (C=O) groups is 2. The fraction of sp³-hybridized carbons (Fsp3) is 0.667. The monoisotopic (exact) mass is 412 g/mol. The molecule has 1 unspecified atom stereocenters. The zero-order chi connectivity index (χ0) is 20.6. The van der Waals surface area contributed by atoms with Crippen LogP contribution >= 0.6 is 0 Å². The fourth-order valence-electron chi connectivity index (χ4n) is 5.94. The molecule has 6 nitrogen and oxygen atoms in total. The number of hydrogen-bond acceptors (Lipinski definition) is 4. The maximum atomic E-state index is 13.6. The first-order valence-corrected chi connectivity index (χ1v) is 11.4. The van der Waals surface area contributed by atoms with Crippen LogP contribution in [0.1, 0.15) is 44.1 Å². The Hall–Kier alpha value is -1.92. The summed E-state index contributed by atoms with van der Waals surface area (Å²) in [4.78, 5) is 30.0. The minimum absolute atomic E-state index is 0.213. The molecule has 30 heavy (non-hydrogen) atoms. The molecule has 5 rings (SSSR count). The van der Waals surface area contributed by atoms with Gasteiger partial charge in [-0.05, 0) is 30.7 Å². The van der Waals surface area contributed by atoms with Gasteiger partial charge in [0.25, 0.3) is 0 Å². The quantitative estimate of drug-likeness (QED) is 0.762. The Morgan fingerprint density at radius 1 is 1.00 bits per heavy atom. The van der Waals surface area contributed by atoms with Crippen LogP contribution in [0.5, 0.6) is 0 Å². The molecule has 1 spiro atoms. The van der Waals surface area contributed by atoms with Crippen LogP contribution in [0.15, 0.2) is 30.3 Å². The van der Waals surface area contributed by atoms with E-state index in [0.717, 1.165) is 37.7 Å². The molecule has 4 aliphatic rings. The molecular formula is C24H32N2O4. The van der Waals surface area contributed by atoms with Crippen LogP contribution in [0, 0.1) is 5.92 Å². The Morgan fingerprint density at radius 2 is 1.70 bits per heavy atom. The van der Waals surface area contributed by atoms with Crippen molar-refractivity contribution >= 4 is 11.8 Å². The Balaban J connectivity index is 1.19. The molecule has 3 saturated heterocycles. The highest BCUT2D eigenvalue weighted by Gasteiger charge is 2.55. The fourth-order valence-corrected chi connectivity index (χ4v) is 5.94. The highest BCUT2D eigenvalue weighted by molar-refractivity contribution is 5.89. The van der Waals surface area contributed by atoms with Gasteiger partial charge in [-0.15, -0.1) is 0 Å². The number of likely N-dealkylation sites (tertiary alicyclic amines) is 1. The number of morpholine rings is 1. The molecule has 2 amide bonds. The second kappa shape index (κ2) is 7.97. The van der Waals surface area contributed by atoms with Crippen molar-refractivity contribution in [2.24, 2.45) is 5.92 Å². The summed E-state index contributed by atoms with van der Waals surface area (Å²) in [6.07, 6.45) is 5.53. The highest BCUT2D eigenvalue weighted by Crippen LogP contribution is 2.46. The van der Waals surface area contributed by atoms with Crippen molar-refractivity contribution in [3.8, 4) is 0 Å². The summed E-state index contributed by atoms with van der Waals surface area (Å²) in [6.45, 7) is 4.63. The Kier molecular flexibility index (Phi) is 5.31. The van der Waals surface area contributed by atoms with Crippen molar-refractivity contribution in [1.29, 1.82) is 0 Å². The van der Waals surface area contributed by atoms with Gasteiger partial charge in [-0.25, -0.2) is 0 Å². The van der Waals surface area contributed by atoms with Crippen LogP contribution in [0.3, 0.4) is 0 Å². The normalized spacial score (nSPS) is 27.3. The number of carbonyl (C=O) groups excluding carboxylic acids is 2. The Labute approximate surface area is 178 Å². The van der Waals surface area contributed by atoms with Gasteiger partial charge in [0.2, 0.25) is 11.8 Å². The van der Waals surface area contributed by atoms with Gasteiger partial charge in [0.15, 0.2) is 0 Å². The van der Waals surface area contributed by atoms with Crippen LogP contribution < -0.4 is 0 Å². The summed E-state index contributed by atoms with van der Waals surface area (Å²) in [5, 5.41) is 0.